The van der Waals surface area contributed by atoms with E-state index in [0.717, 1.165) is 17.0 Å². The molecule has 0 radical (unpaired) electrons. The molecular weight excluding hydrogens is 498 g/mol. The molecule has 1 amide bonds. The topological polar surface area (TPSA) is 69.0 Å². The van der Waals surface area contributed by atoms with E-state index < -0.39 is 5.82 Å². The maximum Gasteiger partial charge on any atom is 0.234 e. The van der Waals surface area contributed by atoms with Crippen molar-refractivity contribution in [3.63, 3.8) is 0 Å². The van der Waals surface area contributed by atoms with Gasteiger partial charge in [0.15, 0.2) is 11.0 Å². The predicted octanol–water partition coefficient (Wildman–Crippen LogP) is 6.51. The molecule has 0 atom stereocenters. The van der Waals surface area contributed by atoms with E-state index in [1.165, 1.54) is 30.0 Å². The van der Waals surface area contributed by atoms with E-state index in [2.05, 4.69) is 15.5 Å². The zero-order chi connectivity index (χ0) is 24.1. The summed E-state index contributed by atoms with van der Waals surface area (Å²) in [6.45, 7) is 2.49. The van der Waals surface area contributed by atoms with Crippen LogP contribution in [0.15, 0.2) is 71.9 Å². The van der Waals surface area contributed by atoms with Gasteiger partial charge in [-0.15, -0.1) is 10.2 Å². The molecule has 1 heterocycles. The van der Waals surface area contributed by atoms with Crippen molar-refractivity contribution in [3.8, 4) is 22.8 Å². The van der Waals surface area contributed by atoms with Crippen molar-refractivity contribution < 1.29 is 13.9 Å². The molecule has 0 aliphatic heterocycles. The van der Waals surface area contributed by atoms with Gasteiger partial charge in [-0.25, -0.2) is 4.39 Å². The number of carbonyl (C=O) groups excluding carboxylic acids is 1. The highest BCUT2D eigenvalue weighted by Gasteiger charge is 2.18. The molecule has 1 N–H and O–H groups in total. The second-order valence-electron chi connectivity index (χ2n) is 7.04. The number of thioether (sulfide) groups is 1. The fourth-order valence-corrected chi connectivity index (χ4v) is 4.20. The Kier molecular flexibility index (Phi) is 7.72. The van der Waals surface area contributed by atoms with Crippen molar-refractivity contribution >= 4 is 46.6 Å². The predicted molar refractivity (Wildman–Crippen MR) is 134 cm³/mol. The van der Waals surface area contributed by atoms with Gasteiger partial charge in [-0.3, -0.25) is 9.36 Å². The van der Waals surface area contributed by atoms with Crippen molar-refractivity contribution in [2.75, 3.05) is 17.7 Å². The van der Waals surface area contributed by atoms with Gasteiger partial charge in [0, 0.05) is 22.0 Å². The van der Waals surface area contributed by atoms with E-state index in [1.807, 2.05) is 47.9 Å². The van der Waals surface area contributed by atoms with Gasteiger partial charge in [-0.2, -0.15) is 0 Å². The Hall–Kier alpha value is -3.07. The van der Waals surface area contributed by atoms with Crippen molar-refractivity contribution in [3.05, 3.63) is 82.6 Å². The molecule has 0 aliphatic rings. The molecule has 0 fully saturated rings. The van der Waals surface area contributed by atoms with Gasteiger partial charge < -0.3 is 10.1 Å². The minimum atomic E-state index is -0.549. The Morgan fingerprint density at radius 2 is 1.79 bits per heavy atom. The molecule has 4 rings (SSSR count). The lowest BCUT2D eigenvalue weighted by Crippen LogP contribution is -2.14. The molecule has 0 spiro atoms. The number of rotatable bonds is 8. The van der Waals surface area contributed by atoms with Gasteiger partial charge in [0.1, 0.15) is 11.6 Å². The Balaban J connectivity index is 1.59. The molecule has 0 aliphatic carbocycles. The van der Waals surface area contributed by atoms with Crippen LogP contribution in [0.3, 0.4) is 0 Å². The molecule has 6 nitrogen and oxygen atoms in total. The molecule has 4 aromatic rings. The Morgan fingerprint density at radius 3 is 2.47 bits per heavy atom. The Bertz CT molecular complexity index is 1300. The molecule has 10 heteroatoms. The van der Waals surface area contributed by atoms with Gasteiger partial charge in [-0.05, 0) is 73.7 Å². The number of amides is 1. The highest BCUT2D eigenvalue weighted by atomic mass is 35.5. The second-order valence-corrected chi connectivity index (χ2v) is 8.83. The molecule has 1 aromatic heterocycles. The number of anilines is 1. The summed E-state index contributed by atoms with van der Waals surface area (Å²) in [5.41, 5.74) is 2.04. The van der Waals surface area contributed by atoms with Crippen LogP contribution in [0, 0.1) is 5.82 Å². The fraction of sp³-hybridized carbons (Fsp3) is 0.125. The fourth-order valence-electron chi connectivity index (χ4n) is 3.14. The van der Waals surface area contributed by atoms with Crippen molar-refractivity contribution in [1.29, 1.82) is 0 Å². The van der Waals surface area contributed by atoms with E-state index in [4.69, 9.17) is 27.9 Å². The first kappa shape index (κ1) is 24.1. The van der Waals surface area contributed by atoms with E-state index in [0.29, 0.717) is 28.3 Å². The van der Waals surface area contributed by atoms with Crippen LogP contribution in [0.5, 0.6) is 5.75 Å². The van der Waals surface area contributed by atoms with E-state index in [9.17, 15) is 9.18 Å². The van der Waals surface area contributed by atoms with Gasteiger partial charge in [0.25, 0.3) is 0 Å². The zero-order valence-corrected chi connectivity index (χ0v) is 20.3. The lowest BCUT2D eigenvalue weighted by atomic mass is 10.2. The summed E-state index contributed by atoms with van der Waals surface area (Å²) >= 11 is 13.1. The van der Waals surface area contributed by atoms with Crippen LogP contribution in [0.2, 0.25) is 10.0 Å². The third kappa shape index (κ3) is 5.70. The van der Waals surface area contributed by atoms with Crippen LogP contribution in [0.25, 0.3) is 17.1 Å². The maximum absolute atomic E-state index is 13.4. The first-order chi connectivity index (χ1) is 16.4. The largest absolute Gasteiger partial charge is 0.494 e. The third-order valence-corrected chi connectivity index (χ3v) is 6.15. The third-order valence-electron chi connectivity index (χ3n) is 4.68. The molecule has 34 heavy (non-hydrogen) atoms. The average molecular weight is 517 g/mol. The molecule has 0 saturated heterocycles. The number of ether oxygens (including phenoxy) is 1. The van der Waals surface area contributed by atoms with Crippen LogP contribution in [0.1, 0.15) is 6.92 Å². The average Bonchev–Trinajstić information content (AvgIpc) is 3.25. The summed E-state index contributed by atoms with van der Waals surface area (Å²) < 4.78 is 20.8. The number of nitrogens with one attached hydrogen (secondary N) is 1. The van der Waals surface area contributed by atoms with Crippen LogP contribution in [-0.2, 0) is 4.79 Å². The van der Waals surface area contributed by atoms with Crippen LogP contribution in [0.4, 0.5) is 10.1 Å². The number of aromatic nitrogens is 3. The van der Waals surface area contributed by atoms with Crippen LogP contribution >= 0.6 is 35.0 Å². The highest BCUT2D eigenvalue weighted by Crippen LogP contribution is 2.30. The number of halogens is 3. The summed E-state index contributed by atoms with van der Waals surface area (Å²) in [6.07, 6.45) is 0. The summed E-state index contributed by atoms with van der Waals surface area (Å²) in [6, 6.07) is 18.8. The highest BCUT2D eigenvalue weighted by molar-refractivity contribution is 7.99. The Morgan fingerprint density at radius 1 is 1.06 bits per heavy atom. The van der Waals surface area contributed by atoms with Gasteiger partial charge in [0.2, 0.25) is 5.91 Å². The summed E-state index contributed by atoms with van der Waals surface area (Å²) in [5.74, 6) is 0.576. The number of hydrogen-bond donors (Lipinski definition) is 1. The van der Waals surface area contributed by atoms with Gasteiger partial charge in [0.05, 0.1) is 17.4 Å². The van der Waals surface area contributed by atoms with E-state index in [1.54, 1.807) is 12.1 Å². The minimum absolute atomic E-state index is 0.0603. The van der Waals surface area contributed by atoms with E-state index in [-0.39, 0.29) is 16.7 Å². The summed E-state index contributed by atoms with van der Waals surface area (Å²) in [4.78, 5) is 12.5. The molecule has 174 valence electrons. The number of carbonyl (C=O) groups is 1. The van der Waals surface area contributed by atoms with Crippen LogP contribution < -0.4 is 10.1 Å². The lowest BCUT2D eigenvalue weighted by Gasteiger charge is -2.12. The van der Waals surface area contributed by atoms with Crippen molar-refractivity contribution in [2.45, 2.75) is 12.1 Å². The molecule has 3 aromatic carbocycles. The quantitative estimate of drug-likeness (QED) is 0.270. The lowest BCUT2D eigenvalue weighted by molar-refractivity contribution is -0.113. The molecule has 0 bridgehead atoms. The molecule has 0 saturated carbocycles. The normalized spacial score (nSPS) is 10.8. The minimum Gasteiger partial charge on any atom is -0.494 e. The van der Waals surface area contributed by atoms with Crippen molar-refractivity contribution in [1.82, 2.24) is 14.8 Å². The number of hydrogen-bond acceptors (Lipinski definition) is 5. The Labute approximate surface area is 210 Å². The standard InChI is InChI=1S/C24H19Cl2FN4O2S/c1-2-33-19-10-8-18(9-11-19)31-23(15-3-5-16(25)6-4-15)29-30-24(31)34-14-22(32)28-17-7-12-21(27)20(26)13-17/h3-13H,2,14H2,1H3,(H,28,32). The zero-order valence-electron chi connectivity index (χ0n) is 18.0. The maximum atomic E-state index is 13.4. The first-order valence-corrected chi connectivity index (χ1v) is 12.0. The monoisotopic (exact) mass is 516 g/mol. The summed E-state index contributed by atoms with van der Waals surface area (Å²) in [5, 5.41) is 12.5. The van der Waals surface area contributed by atoms with Gasteiger partial charge in [-0.1, -0.05) is 35.0 Å². The van der Waals surface area contributed by atoms with Gasteiger partial charge >= 0.3 is 0 Å². The molecular formula is C24H19Cl2FN4O2S. The second kappa shape index (κ2) is 10.9. The van der Waals surface area contributed by atoms with E-state index >= 15 is 0 Å². The number of nitrogens with zero attached hydrogens (tertiary/aromatic N) is 3. The van der Waals surface area contributed by atoms with Crippen LogP contribution in [-0.4, -0.2) is 33.0 Å². The molecule has 0 unspecified atom stereocenters. The summed E-state index contributed by atoms with van der Waals surface area (Å²) in [7, 11) is 0. The first-order valence-electron chi connectivity index (χ1n) is 10.3. The number of benzene rings is 3. The smallest absolute Gasteiger partial charge is 0.234 e. The van der Waals surface area contributed by atoms with Crippen molar-refractivity contribution in [2.24, 2.45) is 0 Å². The SMILES string of the molecule is CCOc1ccc(-n2c(SCC(=O)Nc3ccc(F)c(Cl)c3)nnc2-c2ccc(Cl)cc2)cc1.